The van der Waals surface area contributed by atoms with Crippen LogP contribution in [0.1, 0.15) is 29.2 Å². The van der Waals surface area contributed by atoms with E-state index in [2.05, 4.69) is 0 Å². The summed E-state index contributed by atoms with van der Waals surface area (Å²) in [5, 5.41) is 0. The lowest BCUT2D eigenvalue weighted by atomic mass is 9.75. The number of aryl methyl sites for hydroxylation is 2. The van der Waals surface area contributed by atoms with Gasteiger partial charge in [0.25, 0.3) is 0 Å². The van der Waals surface area contributed by atoms with Crippen LogP contribution in [0, 0.1) is 13.8 Å². The lowest BCUT2D eigenvalue weighted by molar-refractivity contribution is -0.173. The molecule has 2 nitrogen and oxygen atoms in total. The highest BCUT2D eigenvalue weighted by molar-refractivity contribution is 5.56. The van der Waals surface area contributed by atoms with E-state index in [1.807, 2.05) is 0 Å². The number of hydrogen-bond donors (Lipinski definition) is 2. The molecule has 2 aromatic rings. The molecule has 0 atom stereocenters. The van der Waals surface area contributed by atoms with Crippen LogP contribution in [0.5, 0.6) is 0 Å². The molecule has 0 aliphatic carbocycles. The van der Waals surface area contributed by atoms with Gasteiger partial charge in [-0.25, -0.2) is 0 Å². The van der Waals surface area contributed by atoms with E-state index >= 15 is 0 Å². The van der Waals surface area contributed by atoms with Crippen molar-refractivity contribution in [1.29, 1.82) is 0 Å². The minimum Gasteiger partial charge on any atom is -0.399 e. The van der Waals surface area contributed by atoms with Gasteiger partial charge in [0.1, 0.15) is 5.41 Å². The van der Waals surface area contributed by atoms with Crippen molar-refractivity contribution in [3.8, 4) is 0 Å². The Balaban J connectivity index is 2.72. The zero-order valence-electron chi connectivity index (χ0n) is 12.8. The zero-order valence-corrected chi connectivity index (χ0v) is 12.8. The standard InChI is InChI=1S/C17H19F3N2/c1-10-4-6-12(8-14(10)21)16(3,17(18,19)20)13-7-5-11(2)15(22)9-13/h4-9H,21-22H2,1-3H3. The monoisotopic (exact) mass is 308 g/mol. The van der Waals surface area contributed by atoms with Crippen LogP contribution < -0.4 is 11.5 Å². The fraction of sp³-hybridized carbons (Fsp3) is 0.294. The predicted molar refractivity (Wildman–Crippen MR) is 83.7 cm³/mol. The molecule has 4 N–H and O–H groups in total. The van der Waals surface area contributed by atoms with Crippen molar-refractivity contribution in [3.63, 3.8) is 0 Å². The van der Waals surface area contributed by atoms with E-state index in [0.29, 0.717) is 11.4 Å². The van der Waals surface area contributed by atoms with Gasteiger partial charge < -0.3 is 11.5 Å². The first-order chi connectivity index (χ1) is 10.1. The fourth-order valence-electron chi connectivity index (χ4n) is 2.40. The number of benzene rings is 2. The Morgan fingerprint density at radius 3 is 1.41 bits per heavy atom. The fourth-order valence-corrected chi connectivity index (χ4v) is 2.40. The van der Waals surface area contributed by atoms with Crippen LogP contribution in [0.25, 0.3) is 0 Å². The number of nitrogens with two attached hydrogens (primary N) is 2. The SMILES string of the molecule is Cc1ccc(C(C)(c2ccc(C)c(N)c2)C(F)(F)F)cc1N. The van der Waals surface area contributed by atoms with E-state index in [4.69, 9.17) is 11.5 Å². The molecule has 0 bridgehead atoms. The summed E-state index contributed by atoms with van der Waals surface area (Å²) in [4.78, 5) is 0. The number of hydrogen-bond acceptors (Lipinski definition) is 2. The van der Waals surface area contributed by atoms with Crippen molar-refractivity contribution in [2.75, 3.05) is 11.5 Å². The lowest BCUT2D eigenvalue weighted by Gasteiger charge is -2.34. The Labute approximate surface area is 127 Å². The van der Waals surface area contributed by atoms with Crippen molar-refractivity contribution in [3.05, 3.63) is 58.7 Å². The summed E-state index contributed by atoms with van der Waals surface area (Å²) in [6.45, 7) is 4.67. The molecule has 0 aliphatic rings. The maximum atomic E-state index is 13.9. The zero-order chi connectivity index (χ0) is 16.7. The Morgan fingerprint density at radius 2 is 1.14 bits per heavy atom. The number of rotatable bonds is 2. The summed E-state index contributed by atoms with van der Waals surface area (Å²) in [6, 6.07) is 8.92. The molecule has 0 unspecified atom stereocenters. The number of anilines is 2. The first-order valence-corrected chi connectivity index (χ1v) is 6.87. The molecular weight excluding hydrogens is 289 g/mol. The van der Waals surface area contributed by atoms with Gasteiger partial charge >= 0.3 is 6.18 Å². The molecule has 5 heteroatoms. The van der Waals surface area contributed by atoms with Gasteiger partial charge in [-0.2, -0.15) is 13.2 Å². The number of nitrogen functional groups attached to an aromatic ring is 2. The molecular formula is C17H19F3N2. The second kappa shape index (κ2) is 5.23. The van der Waals surface area contributed by atoms with Crippen molar-refractivity contribution in [2.45, 2.75) is 32.4 Å². The van der Waals surface area contributed by atoms with Gasteiger partial charge in [0.15, 0.2) is 0 Å². The molecule has 0 radical (unpaired) electrons. The molecule has 118 valence electrons. The quantitative estimate of drug-likeness (QED) is 0.811. The van der Waals surface area contributed by atoms with E-state index in [1.165, 1.54) is 24.3 Å². The second-order valence-corrected chi connectivity index (χ2v) is 5.77. The first kappa shape index (κ1) is 16.2. The maximum Gasteiger partial charge on any atom is 0.402 e. The summed E-state index contributed by atoms with van der Waals surface area (Å²) < 4.78 is 41.6. The smallest absolute Gasteiger partial charge is 0.399 e. The highest BCUT2D eigenvalue weighted by Crippen LogP contribution is 2.47. The van der Waals surface area contributed by atoms with Crippen molar-refractivity contribution >= 4 is 11.4 Å². The van der Waals surface area contributed by atoms with Gasteiger partial charge in [0.2, 0.25) is 0 Å². The molecule has 0 spiro atoms. The van der Waals surface area contributed by atoms with Crippen LogP contribution in [0.2, 0.25) is 0 Å². The molecule has 0 aliphatic heterocycles. The normalized spacial score (nSPS) is 12.5. The molecule has 0 amide bonds. The Morgan fingerprint density at radius 1 is 0.773 bits per heavy atom. The first-order valence-electron chi connectivity index (χ1n) is 6.87. The molecule has 0 aromatic heterocycles. The third-order valence-corrected chi connectivity index (χ3v) is 4.28. The lowest BCUT2D eigenvalue weighted by Crippen LogP contribution is -2.40. The Hall–Kier alpha value is -2.17. The summed E-state index contributed by atoms with van der Waals surface area (Å²) >= 11 is 0. The second-order valence-electron chi connectivity index (χ2n) is 5.77. The Bertz CT molecular complexity index is 654. The average molecular weight is 308 g/mol. The van der Waals surface area contributed by atoms with E-state index in [1.54, 1.807) is 26.0 Å². The summed E-state index contributed by atoms with van der Waals surface area (Å²) in [6.07, 6.45) is -4.48. The third kappa shape index (κ3) is 2.51. The van der Waals surface area contributed by atoms with Crippen LogP contribution in [-0.4, -0.2) is 6.18 Å². The van der Waals surface area contributed by atoms with Crippen molar-refractivity contribution in [1.82, 2.24) is 0 Å². The minimum absolute atomic E-state index is 0.103. The highest BCUT2D eigenvalue weighted by Gasteiger charge is 2.53. The molecule has 0 heterocycles. The van der Waals surface area contributed by atoms with Crippen molar-refractivity contribution < 1.29 is 13.2 Å². The van der Waals surface area contributed by atoms with Crippen LogP contribution in [0.15, 0.2) is 36.4 Å². The molecule has 2 aromatic carbocycles. The summed E-state index contributed by atoms with van der Waals surface area (Å²) in [5.41, 5.74) is 11.8. The van der Waals surface area contributed by atoms with Crippen molar-refractivity contribution in [2.24, 2.45) is 0 Å². The van der Waals surface area contributed by atoms with E-state index in [0.717, 1.165) is 18.1 Å². The minimum atomic E-state index is -4.48. The summed E-state index contributed by atoms with van der Waals surface area (Å²) in [5.74, 6) is 0. The van der Waals surface area contributed by atoms with E-state index < -0.39 is 11.6 Å². The van der Waals surface area contributed by atoms with Crippen LogP contribution in [0.4, 0.5) is 24.5 Å². The van der Waals surface area contributed by atoms with E-state index in [9.17, 15) is 13.2 Å². The topological polar surface area (TPSA) is 52.0 Å². The molecule has 0 saturated heterocycles. The molecule has 2 rings (SSSR count). The van der Waals surface area contributed by atoms with Gasteiger partial charge in [-0.3, -0.25) is 0 Å². The largest absolute Gasteiger partial charge is 0.402 e. The molecule has 22 heavy (non-hydrogen) atoms. The van der Waals surface area contributed by atoms with Gasteiger partial charge in [-0.05, 0) is 55.2 Å². The van der Waals surface area contributed by atoms with Gasteiger partial charge in [0.05, 0.1) is 0 Å². The molecule has 0 fully saturated rings. The van der Waals surface area contributed by atoms with Gasteiger partial charge in [-0.1, -0.05) is 24.3 Å². The third-order valence-electron chi connectivity index (χ3n) is 4.28. The highest BCUT2D eigenvalue weighted by atomic mass is 19.4. The van der Waals surface area contributed by atoms with Crippen LogP contribution in [-0.2, 0) is 5.41 Å². The van der Waals surface area contributed by atoms with Crippen LogP contribution in [0.3, 0.4) is 0 Å². The maximum absolute atomic E-state index is 13.9. The Kier molecular flexibility index (Phi) is 3.85. The van der Waals surface area contributed by atoms with Gasteiger partial charge in [0, 0.05) is 11.4 Å². The van der Waals surface area contributed by atoms with Crippen LogP contribution >= 0.6 is 0 Å². The van der Waals surface area contributed by atoms with Gasteiger partial charge in [-0.15, -0.1) is 0 Å². The summed E-state index contributed by atoms with van der Waals surface area (Å²) in [7, 11) is 0. The number of alkyl halides is 3. The number of halogens is 3. The average Bonchev–Trinajstić information content (AvgIpc) is 2.42. The molecule has 0 saturated carbocycles. The van der Waals surface area contributed by atoms with E-state index in [-0.39, 0.29) is 11.1 Å². The predicted octanol–water partition coefficient (Wildman–Crippen LogP) is 4.34.